The lowest BCUT2D eigenvalue weighted by Crippen LogP contribution is -2.43. The van der Waals surface area contributed by atoms with Crippen LogP contribution >= 0.6 is 0 Å². The van der Waals surface area contributed by atoms with E-state index in [4.69, 9.17) is 18.6 Å². The van der Waals surface area contributed by atoms with E-state index in [2.05, 4.69) is 15.5 Å². The van der Waals surface area contributed by atoms with Crippen molar-refractivity contribution >= 4 is 18.0 Å². The molecule has 2 aliphatic rings. The van der Waals surface area contributed by atoms with Gasteiger partial charge in [0.1, 0.15) is 18.8 Å². The second-order valence-electron chi connectivity index (χ2n) is 8.50. The number of carbonyl (C=O) groups is 2. The Hall–Kier alpha value is -3.30. The summed E-state index contributed by atoms with van der Waals surface area (Å²) in [5.41, 5.74) is 0.126. The summed E-state index contributed by atoms with van der Waals surface area (Å²) in [5.74, 6) is 1.10. The lowest BCUT2D eigenvalue weighted by Gasteiger charge is -2.32. The monoisotopic (exact) mass is 430 g/mol. The molecule has 2 aromatic rings. The van der Waals surface area contributed by atoms with Crippen molar-refractivity contribution < 1.29 is 28.2 Å². The van der Waals surface area contributed by atoms with Gasteiger partial charge in [-0.15, -0.1) is 5.10 Å². The van der Waals surface area contributed by atoms with Gasteiger partial charge in [0.05, 0.1) is 0 Å². The molecule has 31 heavy (non-hydrogen) atoms. The van der Waals surface area contributed by atoms with Crippen molar-refractivity contribution in [2.45, 2.75) is 39.2 Å². The van der Waals surface area contributed by atoms with Crippen LogP contribution in [0.4, 0.5) is 10.8 Å². The number of hydrogen-bond acceptors (Lipinski definition) is 8. The van der Waals surface area contributed by atoms with E-state index < -0.39 is 5.60 Å². The fraction of sp³-hybridized carbons (Fsp3) is 0.524. The van der Waals surface area contributed by atoms with Gasteiger partial charge < -0.3 is 23.5 Å². The molecule has 0 radical (unpaired) electrons. The SMILES string of the molecule is CC(C)(C)OC(=O)N1CCC(C(=O)Nc2nnc(-c3ccc4c(c3)OCCO4)o2)CC1. The summed E-state index contributed by atoms with van der Waals surface area (Å²) in [5, 5.41) is 10.6. The third-order valence-electron chi connectivity index (χ3n) is 4.96. The Morgan fingerprint density at radius 2 is 1.81 bits per heavy atom. The van der Waals surface area contributed by atoms with E-state index >= 15 is 0 Å². The highest BCUT2D eigenvalue weighted by Gasteiger charge is 2.30. The van der Waals surface area contributed by atoms with Gasteiger partial charge >= 0.3 is 12.1 Å². The van der Waals surface area contributed by atoms with Crippen LogP contribution in [-0.4, -0.2) is 59.0 Å². The number of likely N-dealkylation sites (tertiary alicyclic amines) is 1. The smallest absolute Gasteiger partial charge is 0.410 e. The minimum Gasteiger partial charge on any atom is -0.486 e. The fourth-order valence-electron chi connectivity index (χ4n) is 3.42. The number of nitrogens with one attached hydrogen (secondary N) is 1. The van der Waals surface area contributed by atoms with Crippen molar-refractivity contribution in [3.8, 4) is 23.0 Å². The van der Waals surface area contributed by atoms with Gasteiger partial charge in [-0.1, -0.05) is 5.10 Å². The zero-order chi connectivity index (χ0) is 22.0. The first-order valence-corrected chi connectivity index (χ1v) is 10.3. The van der Waals surface area contributed by atoms with Gasteiger partial charge in [0, 0.05) is 24.6 Å². The predicted octanol–water partition coefficient (Wildman–Crippen LogP) is 3.09. The normalized spacial score (nSPS) is 16.7. The van der Waals surface area contributed by atoms with E-state index in [1.807, 2.05) is 20.8 Å². The summed E-state index contributed by atoms with van der Waals surface area (Å²) in [7, 11) is 0. The molecule has 0 aliphatic carbocycles. The molecule has 3 heterocycles. The summed E-state index contributed by atoms with van der Waals surface area (Å²) < 4.78 is 22.1. The third-order valence-corrected chi connectivity index (χ3v) is 4.96. The van der Waals surface area contributed by atoms with Crippen LogP contribution in [-0.2, 0) is 9.53 Å². The first-order chi connectivity index (χ1) is 14.8. The molecule has 0 bridgehead atoms. The number of rotatable bonds is 3. The van der Waals surface area contributed by atoms with Crippen LogP contribution in [0.25, 0.3) is 11.5 Å². The van der Waals surface area contributed by atoms with Crippen molar-refractivity contribution in [2.75, 3.05) is 31.6 Å². The lowest BCUT2D eigenvalue weighted by atomic mass is 9.96. The number of nitrogens with zero attached hydrogens (tertiary/aromatic N) is 3. The average molecular weight is 430 g/mol. The standard InChI is InChI=1S/C21H26N4O6/c1-21(2,3)31-20(27)25-8-6-13(7-9-25)17(26)22-19-24-23-18(30-19)14-4-5-15-16(12-14)29-11-10-28-15/h4-5,12-13H,6-11H2,1-3H3,(H,22,24,26). The van der Waals surface area contributed by atoms with Crippen molar-refractivity contribution in [3.63, 3.8) is 0 Å². The number of ether oxygens (including phenoxy) is 3. The number of piperidine rings is 1. The zero-order valence-corrected chi connectivity index (χ0v) is 17.8. The highest BCUT2D eigenvalue weighted by molar-refractivity contribution is 5.90. The maximum atomic E-state index is 12.6. The van der Waals surface area contributed by atoms with Crippen LogP contribution in [0.1, 0.15) is 33.6 Å². The van der Waals surface area contributed by atoms with Crippen LogP contribution in [0.15, 0.2) is 22.6 Å². The van der Waals surface area contributed by atoms with Gasteiger partial charge in [-0.25, -0.2) is 4.79 Å². The molecule has 0 saturated carbocycles. The molecule has 0 unspecified atom stereocenters. The number of hydrogen-bond donors (Lipinski definition) is 1. The molecule has 4 rings (SSSR count). The summed E-state index contributed by atoms with van der Waals surface area (Å²) in [6, 6.07) is 5.37. The second-order valence-corrected chi connectivity index (χ2v) is 8.50. The number of aromatic nitrogens is 2. The molecule has 0 spiro atoms. The molecule has 1 aromatic heterocycles. The van der Waals surface area contributed by atoms with Crippen molar-refractivity contribution in [1.29, 1.82) is 0 Å². The number of anilines is 1. The van der Waals surface area contributed by atoms with Gasteiger partial charge in [0.15, 0.2) is 11.5 Å². The number of amides is 2. The van der Waals surface area contributed by atoms with E-state index in [1.165, 1.54) is 0 Å². The molecule has 2 aliphatic heterocycles. The molecular weight excluding hydrogens is 404 g/mol. The molecule has 1 aromatic carbocycles. The van der Waals surface area contributed by atoms with E-state index in [0.29, 0.717) is 56.2 Å². The summed E-state index contributed by atoms with van der Waals surface area (Å²) >= 11 is 0. The van der Waals surface area contributed by atoms with Gasteiger partial charge in [0.2, 0.25) is 11.8 Å². The number of benzene rings is 1. The van der Waals surface area contributed by atoms with Crippen molar-refractivity contribution in [2.24, 2.45) is 5.92 Å². The molecule has 166 valence electrons. The van der Waals surface area contributed by atoms with Gasteiger partial charge in [-0.05, 0) is 51.8 Å². The molecule has 10 heteroatoms. The molecule has 1 N–H and O–H groups in total. The molecule has 0 atom stereocenters. The van der Waals surface area contributed by atoms with Crippen molar-refractivity contribution in [3.05, 3.63) is 18.2 Å². The average Bonchev–Trinajstić information content (AvgIpc) is 3.20. The topological polar surface area (TPSA) is 116 Å². The Morgan fingerprint density at radius 3 is 2.52 bits per heavy atom. The van der Waals surface area contributed by atoms with Crippen LogP contribution in [0.3, 0.4) is 0 Å². The van der Waals surface area contributed by atoms with E-state index in [1.54, 1.807) is 23.1 Å². The van der Waals surface area contributed by atoms with Crippen molar-refractivity contribution in [1.82, 2.24) is 15.1 Å². The highest BCUT2D eigenvalue weighted by Crippen LogP contribution is 2.34. The summed E-state index contributed by atoms with van der Waals surface area (Å²) in [4.78, 5) is 26.4. The third kappa shape index (κ3) is 5.07. The maximum Gasteiger partial charge on any atom is 0.410 e. The van der Waals surface area contributed by atoms with E-state index in [-0.39, 0.29) is 29.8 Å². The summed E-state index contributed by atoms with van der Waals surface area (Å²) in [6.45, 7) is 7.39. The largest absolute Gasteiger partial charge is 0.486 e. The predicted molar refractivity (Wildman–Crippen MR) is 110 cm³/mol. The van der Waals surface area contributed by atoms with Gasteiger partial charge in [-0.2, -0.15) is 0 Å². The van der Waals surface area contributed by atoms with Crippen LogP contribution in [0.2, 0.25) is 0 Å². The quantitative estimate of drug-likeness (QED) is 0.790. The van der Waals surface area contributed by atoms with E-state index in [9.17, 15) is 9.59 Å². The van der Waals surface area contributed by atoms with Crippen LogP contribution in [0, 0.1) is 5.92 Å². The van der Waals surface area contributed by atoms with Gasteiger partial charge in [-0.3, -0.25) is 10.1 Å². The number of carbonyl (C=O) groups excluding carboxylic acids is 2. The fourth-order valence-corrected chi connectivity index (χ4v) is 3.42. The molecule has 1 fully saturated rings. The first kappa shape index (κ1) is 21.0. The van der Waals surface area contributed by atoms with Crippen LogP contribution in [0.5, 0.6) is 11.5 Å². The first-order valence-electron chi connectivity index (χ1n) is 10.3. The van der Waals surface area contributed by atoms with E-state index in [0.717, 1.165) is 0 Å². The highest BCUT2D eigenvalue weighted by atomic mass is 16.6. The van der Waals surface area contributed by atoms with Gasteiger partial charge in [0.25, 0.3) is 0 Å². The minimum atomic E-state index is -0.543. The summed E-state index contributed by atoms with van der Waals surface area (Å²) in [6.07, 6.45) is 0.718. The van der Waals surface area contributed by atoms with Crippen LogP contribution < -0.4 is 14.8 Å². The minimum absolute atomic E-state index is 0.0319. The Bertz CT molecular complexity index is 959. The Labute approximate surface area is 179 Å². The maximum absolute atomic E-state index is 12.6. The molecule has 2 amide bonds. The zero-order valence-electron chi connectivity index (χ0n) is 17.8. The Balaban J connectivity index is 1.32. The molecule has 1 saturated heterocycles. The molecule has 10 nitrogen and oxygen atoms in total. The molecular formula is C21H26N4O6. The number of fused-ring (bicyclic) bond motifs is 1. The Morgan fingerprint density at radius 1 is 1.10 bits per heavy atom. The lowest BCUT2D eigenvalue weighted by molar-refractivity contribution is -0.121. The second kappa shape index (κ2) is 8.44. The Kier molecular flexibility index (Phi) is 5.71.